The number of aromatic nitrogens is 1. The van der Waals surface area contributed by atoms with Crippen LogP contribution < -0.4 is 16.6 Å². The van der Waals surface area contributed by atoms with Crippen LogP contribution in [0, 0.1) is 0 Å². The highest BCUT2D eigenvalue weighted by molar-refractivity contribution is 5.90. The van der Waals surface area contributed by atoms with Gasteiger partial charge in [-0.25, -0.2) is 20.6 Å². The number of fused-ring (bicyclic) bond motifs is 1. The third kappa shape index (κ3) is 1.72. The summed E-state index contributed by atoms with van der Waals surface area (Å²) in [6.45, 7) is 0. The maximum Gasteiger partial charge on any atom is 0.335 e. The van der Waals surface area contributed by atoms with Gasteiger partial charge in [0, 0.05) is 5.39 Å². The lowest BCUT2D eigenvalue weighted by molar-refractivity contribution is 0.254. The van der Waals surface area contributed by atoms with Crippen LogP contribution in [0.5, 0.6) is 0 Å². The van der Waals surface area contributed by atoms with Crippen molar-refractivity contribution >= 4 is 22.8 Å². The van der Waals surface area contributed by atoms with E-state index in [0.717, 1.165) is 15.9 Å². The Morgan fingerprint density at radius 3 is 2.67 bits per heavy atom. The standard InChI is InChI=1S/C10H10N4O/c11-10(15)14(12)9-6-5-7-3-1-2-4-8(7)13-9/h1-6H,12H2,(H2,11,15). The first-order valence-electron chi connectivity index (χ1n) is 4.38. The minimum atomic E-state index is -0.738. The zero-order valence-corrected chi connectivity index (χ0v) is 7.92. The van der Waals surface area contributed by atoms with E-state index in [1.807, 2.05) is 30.3 Å². The van der Waals surface area contributed by atoms with Gasteiger partial charge in [0.2, 0.25) is 0 Å². The first-order chi connectivity index (χ1) is 7.18. The average molecular weight is 202 g/mol. The van der Waals surface area contributed by atoms with Crippen molar-refractivity contribution in [3.8, 4) is 0 Å². The van der Waals surface area contributed by atoms with Crippen LogP contribution in [0.25, 0.3) is 10.9 Å². The van der Waals surface area contributed by atoms with Crippen molar-refractivity contribution in [2.24, 2.45) is 11.6 Å². The second-order valence-electron chi connectivity index (χ2n) is 3.07. The normalized spacial score (nSPS) is 10.2. The fraction of sp³-hybridized carbons (Fsp3) is 0. The van der Waals surface area contributed by atoms with Crippen LogP contribution in [0.1, 0.15) is 0 Å². The summed E-state index contributed by atoms with van der Waals surface area (Å²) in [4.78, 5) is 15.0. The quantitative estimate of drug-likeness (QED) is 0.411. The monoisotopic (exact) mass is 202 g/mol. The van der Waals surface area contributed by atoms with Crippen molar-refractivity contribution in [3.63, 3.8) is 0 Å². The van der Waals surface area contributed by atoms with Crippen LogP contribution >= 0.6 is 0 Å². The Hall–Kier alpha value is -2.14. The maximum absolute atomic E-state index is 10.8. The molecule has 0 fully saturated rings. The molecule has 15 heavy (non-hydrogen) atoms. The molecule has 0 atom stereocenters. The van der Waals surface area contributed by atoms with Gasteiger partial charge in [0.1, 0.15) is 0 Å². The summed E-state index contributed by atoms with van der Waals surface area (Å²) in [7, 11) is 0. The summed E-state index contributed by atoms with van der Waals surface area (Å²) >= 11 is 0. The predicted octanol–water partition coefficient (Wildman–Crippen LogP) is 0.994. The summed E-state index contributed by atoms with van der Waals surface area (Å²) in [5.74, 6) is 5.76. The number of hydrazine groups is 1. The SMILES string of the molecule is NC(=O)N(N)c1ccc2ccccc2n1. The molecule has 5 nitrogen and oxygen atoms in total. The smallest absolute Gasteiger partial charge is 0.335 e. The molecular formula is C10H10N4O. The van der Waals surface area contributed by atoms with Gasteiger partial charge in [-0.05, 0) is 18.2 Å². The number of para-hydroxylation sites is 1. The number of carbonyl (C=O) groups excluding carboxylic acids is 1. The number of primary amides is 1. The third-order valence-corrected chi connectivity index (χ3v) is 2.07. The molecule has 1 aromatic carbocycles. The molecule has 2 amide bonds. The Labute approximate surface area is 86.3 Å². The molecule has 2 rings (SSSR count). The zero-order chi connectivity index (χ0) is 10.8. The molecule has 0 unspecified atom stereocenters. The Bertz CT molecular complexity index is 512. The summed E-state index contributed by atoms with van der Waals surface area (Å²) in [6.07, 6.45) is 0. The minimum Gasteiger partial charge on any atom is -0.350 e. The van der Waals surface area contributed by atoms with Crippen molar-refractivity contribution in [2.45, 2.75) is 0 Å². The van der Waals surface area contributed by atoms with Gasteiger partial charge in [-0.2, -0.15) is 0 Å². The number of amides is 2. The highest BCUT2D eigenvalue weighted by Gasteiger charge is 2.08. The topological polar surface area (TPSA) is 85.2 Å². The number of nitrogens with two attached hydrogens (primary N) is 2. The van der Waals surface area contributed by atoms with Crippen molar-refractivity contribution in [1.29, 1.82) is 0 Å². The maximum atomic E-state index is 10.8. The molecule has 76 valence electrons. The van der Waals surface area contributed by atoms with Crippen LogP contribution in [0.15, 0.2) is 36.4 Å². The van der Waals surface area contributed by atoms with E-state index >= 15 is 0 Å². The summed E-state index contributed by atoms with van der Waals surface area (Å²) in [6, 6.07) is 10.3. The Kier molecular flexibility index (Phi) is 2.23. The number of urea groups is 1. The highest BCUT2D eigenvalue weighted by Crippen LogP contribution is 2.15. The van der Waals surface area contributed by atoms with E-state index in [2.05, 4.69) is 4.98 Å². The molecule has 4 N–H and O–H groups in total. The van der Waals surface area contributed by atoms with Gasteiger partial charge < -0.3 is 5.73 Å². The Balaban J connectivity index is 2.51. The predicted molar refractivity (Wildman–Crippen MR) is 58.0 cm³/mol. The lowest BCUT2D eigenvalue weighted by atomic mass is 10.2. The fourth-order valence-corrected chi connectivity index (χ4v) is 1.30. The van der Waals surface area contributed by atoms with Crippen LogP contribution in [0.3, 0.4) is 0 Å². The third-order valence-electron chi connectivity index (χ3n) is 2.07. The van der Waals surface area contributed by atoms with E-state index in [4.69, 9.17) is 11.6 Å². The second kappa shape index (κ2) is 3.55. The van der Waals surface area contributed by atoms with Crippen LogP contribution in [-0.4, -0.2) is 11.0 Å². The lowest BCUT2D eigenvalue weighted by Crippen LogP contribution is -2.42. The molecule has 0 aliphatic rings. The molecule has 0 aliphatic carbocycles. The molecule has 0 radical (unpaired) electrons. The number of carbonyl (C=O) groups is 1. The van der Waals surface area contributed by atoms with E-state index in [-0.39, 0.29) is 0 Å². The number of benzene rings is 1. The number of anilines is 1. The molecular weight excluding hydrogens is 192 g/mol. The highest BCUT2D eigenvalue weighted by atomic mass is 16.2. The molecule has 0 spiro atoms. The summed E-state index contributed by atoms with van der Waals surface area (Å²) in [5.41, 5.74) is 5.80. The van der Waals surface area contributed by atoms with Crippen molar-refractivity contribution in [1.82, 2.24) is 4.98 Å². The lowest BCUT2D eigenvalue weighted by Gasteiger charge is -2.12. The van der Waals surface area contributed by atoms with Crippen molar-refractivity contribution in [3.05, 3.63) is 36.4 Å². The number of rotatable bonds is 1. The molecule has 5 heteroatoms. The van der Waals surface area contributed by atoms with E-state index in [9.17, 15) is 4.79 Å². The molecule has 0 saturated carbocycles. The van der Waals surface area contributed by atoms with E-state index in [0.29, 0.717) is 5.82 Å². The van der Waals surface area contributed by atoms with Crippen LogP contribution in [0.2, 0.25) is 0 Å². The van der Waals surface area contributed by atoms with E-state index in [1.54, 1.807) is 6.07 Å². The minimum absolute atomic E-state index is 0.334. The summed E-state index contributed by atoms with van der Waals surface area (Å²) in [5, 5.41) is 1.80. The first kappa shape index (κ1) is 9.42. The van der Waals surface area contributed by atoms with Gasteiger partial charge in [-0.1, -0.05) is 18.2 Å². The van der Waals surface area contributed by atoms with Gasteiger partial charge in [-0.3, -0.25) is 0 Å². The van der Waals surface area contributed by atoms with E-state index < -0.39 is 6.03 Å². The van der Waals surface area contributed by atoms with Crippen LogP contribution in [0.4, 0.5) is 10.6 Å². The number of hydrogen-bond donors (Lipinski definition) is 2. The second-order valence-corrected chi connectivity index (χ2v) is 3.07. The average Bonchev–Trinajstić information content (AvgIpc) is 2.27. The Morgan fingerprint density at radius 2 is 1.93 bits per heavy atom. The van der Waals surface area contributed by atoms with Crippen molar-refractivity contribution < 1.29 is 4.79 Å². The molecule has 0 aliphatic heterocycles. The van der Waals surface area contributed by atoms with Gasteiger partial charge in [0.05, 0.1) is 5.52 Å². The number of nitrogens with zero attached hydrogens (tertiary/aromatic N) is 2. The number of hydrogen-bond acceptors (Lipinski definition) is 3. The summed E-state index contributed by atoms with van der Waals surface area (Å²) < 4.78 is 0. The van der Waals surface area contributed by atoms with Crippen molar-refractivity contribution in [2.75, 3.05) is 5.01 Å². The molecule has 0 bridgehead atoms. The first-order valence-corrected chi connectivity index (χ1v) is 4.38. The van der Waals surface area contributed by atoms with Gasteiger partial charge in [0.15, 0.2) is 5.82 Å². The molecule has 0 saturated heterocycles. The molecule has 2 aromatic rings. The van der Waals surface area contributed by atoms with Crippen LogP contribution in [-0.2, 0) is 0 Å². The van der Waals surface area contributed by atoms with Gasteiger partial charge in [-0.15, -0.1) is 0 Å². The van der Waals surface area contributed by atoms with Gasteiger partial charge >= 0.3 is 6.03 Å². The number of pyridine rings is 1. The zero-order valence-electron chi connectivity index (χ0n) is 7.92. The van der Waals surface area contributed by atoms with E-state index in [1.165, 1.54) is 0 Å². The molecule has 1 aromatic heterocycles. The Morgan fingerprint density at radius 1 is 1.20 bits per heavy atom. The van der Waals surface area contributed by atoms with Gasteiger partial charge in [0.25, 0.3) is 0 Å². The largest absolute Gasteiger partial charge is 0.350 e. The fourth-order valence-electron chi connectivity index (χ4n) is 1.30. The molecule has 1 heterocycles.